The SMILES string of the molecule is CN=CC1=C(Nc2cccc(Cl)c2)CCCC1=O. The number of Topliss-reactive ketones (excluding diaryl/α,β-unsaturated/α-hetero) is 1. The van der Waals surface area contributed by atoms with Gasteiger partial charge in [-0.2, -0.15) is 0 Å². The molecular weight excluding hydrogens is 248 g/mol. The Morgan fingerprint density at radius 3 is 2.94 bits per heavy atom. The maximum absolute atomic E-state index is 11.8. The molecule has 0 aromatic heterocycles. The van der Waals surface area contributed by atoms with E-state index in [-0.39, 0.29) is 5.78 Å². The van der Waals surface area contributed by atoms with Gasteiger partial charge in [0.15, 0.2) is 5.78 Å². The maximum Gasteiger partial charge on any atom is 0.166 e. The van der Waals surface area contributed by atoms with E-state index < -0.39 is 0 Å². The zero-order valence-corrected chi connectivity index (χ0v) is 11.0. The van der Waals surface area contributed by atoms with Gasteiger partial charge in [-0.15, -0.1) is 0 Å². The first-order chi connectivity index (χ1) is 8.70. The summed E-state index contributed by atoms with van der Waals surface area (Å²) >= 11 is 5.94. The van der Waals surface area contributed by atoms with Crippen LogP contribution in [0.4, 0.5) is 5.69 Å². The number of ketones is 1. The lowest BCUT2D eigenvalue weighted by Crippen LogP contribution is -2.17. The van der Waals surface area contributed by atoms with E-state index in [1.807, 2.05) is 24.3 Å². The van der Waals surface area contributed by atoms with E-state index in [2.05, 4.69) is 10.3 Å². The number of nitrogens with one attached hydrogen (secondary N) is 1. The number of benzene rings is 1. The molecule has 0 saturated carbocycles. The number of hydrogen-bond donors (Lipinski definition) is 1. The van der Waals surface area contributed by atoms with Crippen molar-refractivity contribution in [2.45, 2.75) is 19.3 Å². The predicted molar refractivity (Wildman–Crippen MR) is 75.4 cm³/mol. The van der Waals surface area contributed by atoms with Gasteiger partial charge >= 0.3 is 0 Å². The first kappa shape index (κ1) is 12.8. The number of anilines is 1. The minimum Gasteiger partial charge on any atom is -0.358 e. The van der Waals surface area contributed by atoms with E-state index in [1.54, 1.807) is 13.3 Å². The molecule has 0 heterocycles. The summed E-state index contributed by atoms with van der Waals surface area (Å²) in [6, 6.07) is 7.47. The number of carbonyl (C=O) groups excluding carboxylic acids is 1. The number of nitrogens with zero attached hydrogens (tertiary/aromatic N) is 1. The van der Waals surface area contributed by atoms with Gasteiger partial charge in [-0.05, 0) is 31.0 Å². The molecule has 3 nitrogen and oxygen atoms in total. The molecule has 2 rings (SSSR count). The molecular formula is C14H15ClN2O. The largest absolute Gasteiger partial charge is 0.358 e. The van der Waals surface area contributed by atoms with Crippen molar-refractivity contribution in [1.82, 2.24) is 0 Å². The van der Waals surface area contributed by atoms with Crippen molar-refractivity contribution in [1.29, 1.82) is 0 Å². The van der Waals surface area contributed by atoms with Gasteiger partial charge in [0.05, 0.1) is 5.57 Å². The van der Waals surface area contributed by atoms with Gasteiger partial charge in [-0.25, -0.2) is 0 Å². The Balaban J connectivity index is 2.29. The second-order valence-electron chi connectivity index (χ2n) is 4.19. The molecule has 18 heavy (non-hydrogen) atoms. The topological polar surface area (TPSA) is 41.5 Å². The third-order valence-corrected chi connectivity index (χ3v) is 3.07. The average Bonchev–Trinajstić information content (AvgIpc) is 2.34. The highest BCUT2D eigenvalue weighted by Gasteiger charge is 2.19. The zero-order chi connectivity index (χ0) is 13.0. The summed E-state index contributed by atoms with van der Waals surface area (Å²) < 4.78 is 0. The predicted octanol–water partition coefficient (Wildman–Crippen LogP) is 3.46. The summed E-state index contributed by atoms with van der Waals surface area (Å²) in [7, 11) is 1.67. The van der Waals surface area contributed by atoms with E-state index in [0.29, 0.717) is 17.0 Å². The van der Waals surface area contributed by atoms with Crippen LogP contribution in [0.25, 0.3) is 0 Å². The smallest absolute Gasteiger partial charge is 0.166 e. The van der Waals surface area contributed by atoms with Gasteiger partial charge in [0.2, 0.25) is 0 Å². The molecule has 0 amide bonds. The Labute approximate surface area is 112 Å². The number of aliphatic imine (C=N–C) groups is 1. The second kappa shape index (κ2) is 5.83. The third-order valence-electron chi connectivity index (χ3n) is 2.83. The van der Waals surface area contributed by atoms with Crippen LogP contribution >= 0.6 is 11.6 Å². The van der Waals surface area contributed by atoms with E-state index in [1.165, 1.54) is 0 Å². The minimum absolute atomic E-state index is 0.149. The summed E-state index contributed by atoms with van der Waals surface area (Å²) in [4.78, 5) is 15.8. The van der Waals surface area contributed by atoms with Crippen molar-refractivity contribution in [2.24, 2.45) is 4.99 Å². The van der Waals surface area contributed by atoms with Gasteiger partial charge in [-0.3, -0.25) is 9.79 Å². The van der Waals surface area contributed by atoms with Crippen molar-refractivity contribution in [3.05, 3.63) is 40.6 Å². The summed E-state index contributed by atoms with van der Waals surface area (Å²) in [5.74, 6) is 0.149. The number of allylic oxidation sites excluding steroid dienone is 2. The fourth-order valence-corrected chi connectivity index (χ4v) is 2.20. The molecule has 1 aromatic carbocycles. The Bertz CT molecular complexity index is 520. The fourth-order valence-electron chi connectivity index (χ4n) is 2.01. The Morgan fingerprint density at radius 1 is 1.39 bits per heavy atom. The number of hydrogen-bond acceptors (Lipinski definition) is 3. The Kier molecular flexibility index (Phi) is 4.15. The molecule has 0 unspecified atom stereocenters. The van der Waals surface area contributed by atoms with E-state index in [9.17, 15) is 4.79 Å². The molecule has 4 heteroatoms. The van der Waals surface area contributed by atoms with Crippen molar-refractivity contribution in [2.75, 3.05) is 12.4 Å². The molecule has 1 aliphatic carbocycles. The van der Waals surface area contributed by atoms with Crippen LogP contribution in [0.3, 0.4) is 0 Å². The quantitative estimate of drug-likeness (QED) is 0.848. The van der Waals surface area contributed by atoms with Gasteiger partial charge in [0.25, 0.3) is 0 Å². The highest BCUT2D eigenvalue weighted by atomic mass is 35.5. The van der Waals surface area contributed by atoms with Gasteiger partial charge in [0, 0.05) is 36.1 Å². The second-order valence-corrected chi connectivity index (χ2v) is 4.63. The molecule has 1 N–H and O–H groups in total. The minimum atomic E-state index is 0.149. The standard InChI is InChI=1S/C14H15ClN2O/c1-16-9-12-13(6-3-7-14(12)18)17-11-5-2-4-10(15)8-11/h2,4-5,8-9,17H,3,6-7H2,1H3. The van der Waals surface area contributed by atoms with Crippen molar-refractivity contribution in [3.8, 4) is 0 Å². The van der Waals surface area contributed by atoms with Crippen molar-refractivity contribution >= 4 is 29.3 Å². The third kappa shape index (κ3) is 2.99. The van der Waals surface area contributed by atoms with E-state index in [4.69, 9.17) is 11.6 Å². The maximum atomic E-state index is 11.8. The zero-order valence-electron chi connectivity index (χ0n) is 10.2. The van der Waals surface area contributed by atoms with Crippen molar-refractivity contribution in [3.63, 3.8) is 0 Å². The normalized spacial score (nSPS) is 16.4. The number of carbonyl (C=O) groups is 1. The molecule has 0 saturated heterocycles. The summed E-state index contributed by atoms with van der Waals surface area (Å²) in [6.07, 6.45) is 3.97. The summed E-state index contributed by atoms with van der Waals surface area (Å²) in [6.45, 7) is 0. The van der Waals surface area contributed by atoms with Crippen LogP contribution in [0.15, 0.2) is 40.5 Å². The molecule has 0 atom stereocenters. The average molecular weight is 263 g/mol. The summed E-state index contributed by atoms with van der Waals surface area (Å²) in [5.41, 5.74) is 2.51. The van der Waals surface area contributed by atoms with Crippen LogP contribution in [0, 0.1) is 0 Å². The Morgan fingerprint density at radius 2 is 2.22 bits per heavy atom. The highest BCUT2D eigenvalue weighted by Crippen LogP contribution is 2.24. The van der Waals surface area contributed by atoms with Crippen LogP contribution in [0.2, 0.25) is 5.02 Å². The van der Waals surface area contributed by atoms with E-state index in [0.717, 1.165) is 24.2 Å². The van der Waals surface area contributed by atoms with Crippen LogP contribution in [0.5, 0.6) is 0 Å². The lowest BCUT2D eigenvalue weighted by atomic mass is 9.95. The Hall–Kier alpha value is -1.61. The molecule has 0 fully saturated rings. The molecule has 1 aliphatic rings. The molecule has 0 bridgehead atoms. The van der Waals surface area contributed by atoms with Gasteiger partial charge in [0.1, 0.15) is 0 Å². The van der Waals surface area contributed by atoms with Crippen LogP contribution in [-0.2, 0) is 4.79 Å². The summed E-state index contributed by atoms with van der Waals surface area (Å²) in [5, 5.41) is 3.94. The fraction of sp³-hybridized carbons (Fsp3) is 0.286. The van der Waals surface area contributed by atoms with Crippen LogP contribution < -0.4 is 5.32 Å². The first-order valence-electron chi connectivity index (χ1n) is 5.92. The molecule has 0 radical (unpaired) electrons. The monoisotopic (exact) mass is 262 g/mol. The van der Waals surface area contributed by atoms with Gasteiger partial charge in [-0.1, -0.05) is 17.7 Å². The molecule has 1 aromatic rings. The van der Waals surface area contributed by atoms with Crippen LogP contribution in [-0.4, -0.2) is 19.0 Å². The lowest BCUT2D eigenvalue weighted by molar-refractivity contribution is -0.115. The highest BCUT2D eigenvalue weighted by molar-refractivity contribution is 6.30. The number of halogens is 1. The molecule has 0 aliphatic heterocycles. The molecule has 0 spiro atoms. The first-order valence-corrected chi connectivity index (χ1v) is 6.29. The lowest BCUT2D eigenvalue weighted by Gasteiger charge is -2.18. The molecule has 94 valence electrons. The van der Waals surface area contributed by atoms with E-state index >= 15 is 0 Å². The van der Waals surface area contributed by atoms with Gasteiger partial charge < -0.3 is 5.32 Å². The number of rotatable bonds is 3. The van der Waals surface area contributed by atoms with Crippen LogP contribution in [0.1, 0.15) is 19.3 Å². The van der Waals surface area contributed by atoms with Crippen molar-refractivity contribution < 1.29 is 4.79 Å².